The van der Waals surface area contributed by atoms with E-state index in [4.69, 9.17) is 10.7 Å². The van der Waals surface area contributed by atoms with Crippen molar-refractivity contribution in [2.75, 3.05) is 0 Å². The molecule has 8 nitrogen and oxygen atoms in total. The first-order valence-corrected chi connectivity index (χ1v) is 12.6. The molecule has 4 aromatic heterocycles. The van der Waals surface area contributed by atoms with Crippen LogP contribution in [0.5, 0.6) is 0 Å². The van der Waals surface area contributed by atoms with Crippen LogP contribution in [0.1, 0.15) is 26.8 Å². The fourth-order valence-corrected chi connectivity index (χ4v) is 5.08. The van der Waals surface area contributed by atoms with E-state index >= 15 is 0 Å². The standard InChI is InChI=1S/C28H23N7OS/c1-17-34-35-21(16-32-28(35)37-17)15-31-27(36)26-23-13-22(19-5-3-2-4-6-19)25(33-24(23)11-12-30-26)20-9-7-18(14-29)8-10-20/h2-13,16H,14-15,29H2,1H3,(H,31,36). The molecular weight excluding hydrogens is 482 g/mol. The number of aryl methyl sites for hydroxylation is 1. The normalized spacial score (nSPS) is 11.3. The van der Waals surface area contributed by atoms with Gasteiger partial charge in [0.1, 0.15) is 10.7 Å². The van der Waals surface area contributed by atoms with Crippen molar-refractivity contribution in [3.8, 4) is 22.4 Å². The predicted molar refractivity (Wildman–Crippen MR) is 145 cm³/mol. The van der Waals surface area contributed by atoms with Crippen LogP contribution in [0.3, 0.4) is 0 Å². The number of hydrogen-bond acceptors (Lipinski definition) is 7. The molecule has 0 radical (unpaired) electrons. The molecule has 9 heteroatoms. The number of rotatable bonds is 6. The average Bonchev–Trinajstić information content (AvgIpc) is 3.50. The number of nitrogens with one attached hydrogen (secondary N) is 1. The Morgan fingerprint density at radius 2 is 1.84 bits per heavy atom. The fourth-order valence-electron chi connectivity index (χ4n) is 4.34. The number of carbonyl (C=O) groups is 1. The van der Waals surface area contributed by atoms with Crippen LogP contribution in [0.4, 0.5) is 0 Å². The molecule has 37 heavy (non-hydrogen) atoms. The zero-order valence-electron chi connectivity index (χ0n) is 20.0. The highest BCUT2D eigenvalue weighted by molar-refractivity contribution is 7.16. The summed E-state index contributed by atoms with van der Waals surface area (Å²) in [5.74, 6) is -0.284. The second kappa shape index (κ2) is 9.53. The number of pyridine rings is 2. The van der Waals surface area contributed by atoms with Crippen molar-refractivity contribution >= 4 is 33.1 Å². The van der Waals surface area contributed by atoms with Crippen molar-refractivity contribution in [2.24, 2.45) is 5.73 Å². The summed E-state index contributed by atoms with van der Waals surface area (Å²) < 4.78 is 1.76. The van der Waals surface area contributed by atoms with Crippen molar-refractivity contribution in [2.45, 2.75) is 20.0 Å². The van der Waals surface area contributed by atoms with Crippen LogP contribution in [0.2, 0.25) is 0 Å². The zero-order chi connectivity index (χ0) is 25.4. The third-order valence-corrected chi connectivity index (χ3v) is 7.03. The van der Waals surface area contributed by atoms with Gasteiger partial charge in [-0.25, -0.2) is 14.5 Å². The van der Waals surface area contributed by atoms with Crippen LogP contribution in [0.25, 0.3) is 38.2 Å². The highest BCUT2D eigenvalue weighted by atomic mass is 32.1. The van der Waals surface area contributed by atoms with E-state index in [-0.39, 0.29) is 12.5 Å². The molecule has 0 aliphatic heterocycles. The Morgan fingerprint density at radius 1 is 1.03 bits per heavy atom. The zero-order valence-corrected chi connectivity index (χ0v) is 20.9. The SMILES string of the molecule is Cc1nn2c(CNC(=O)c3nccc4nc(-c5ccc(CN)cc5)c(-c5ccccc5)cc34)cnc2s1. The van der Waals surface area contributed by atoms with Gasteiger partial charge < -0.3 is 11.1 Å². The van der Waals surface area contributed by atoms with Crippen LogP contribution in [-0.4, -0.2) is 30.5 Å². The van der Waals surface area contributed by atoms with Gasteiger partial charge >= 0.3 is 0 Å². The number of hydrogen-bond donors (Lipinski definition) is 2. The van der Waals surface area contributed by atoms with E-state index in [1.165, 1.54) is 11.3 Å². The van der Waals surface area contributed by atoms with Gasteiger partial charge in [0.15, 0.2) is 0 Å². The number of carbonyl (C=O) groups excluding carboxylic acids is 1. The molecule has 3 N–H and O–H groups in total. The van der Waals surface area contributed by atoms with Crippen molar-refractivity contribution in [3.05, 3.63) is 101 Å². The van der Waals surface area contributed by atoms with E-state index in [1.54, 1.807) is 16.9 Å². The highest BCUT2D eigenvalue weighted by Crippen LogP contribution is 2.34. The van der Waals surface area contributed by atoms with E-state index in [2.05, 4.69) is 20.4 Å². The molecule has 1 amide bonds. The highest BCUT2D eigenvalue weighted by Gasteiger charge is 2.18. The number of fused-ring (bicyclic) bond motifs is 2. The van der Waals surface area contributed by atoms with Crippen molar-refractivity contribution in [1.82, 2.24) is 29.9 Å². The minimum atomic E-state index is -0.284. The van der Waals surface area contributed by atoms with Gasteiger partial charge in [0.05, 0.1) is 29.6 Å². The maximum absolute atomic E-state index is 13.3. The van der Waals surface area contributed by atoms with Crippen LogP contribution < -0.4 is 11.1 Å². The maximum atomic E-state index is 13.3. The van der Waals surface area contributed by atoms with E-state index in [1.807, 2.05) is 73.7 Å². The quantitative estimate of drug-likeness (QED) is 0.337. The van der Waals surface area contributed by atoms with E-state index in [9.17, 15) is 4.79 Å². The molecule has 0 spiro atoms. The van der Waals surface area contributed by atoms with E-state index < -0.39 is 0 Å². The lowest BCUT2D eigenvalue weighted by molar-refractivity contribution is 0.0947. The lowest BCUT2D eigenvalue weighted by atomic mass is 9.96. The van der Waals surface area contributed by atoms with Crippen LogP contribution >= 0.6 is 11.3 Å². The minimum absolute atomic E-state index is 0.284. The Bertz CT molecular complexity index is 1740. The van der Waals surface area contributed by atoms with Gasteiger partial charge in [-0.15, -0.1) is 0 Å². The van der Waals surface area contributed by atoms with Gasteiger partial charge in [-0.2, -0.15) is 5.10 Å². The maximum Gasteiger partial charge on any atom is 0.270 e. The Morgan fingerprint density at radius 3 is 2.62 bits per heavy atom. The van der Waals surface area contributed by atoms with E-state index in [0.29, 0.717) is 23.1 Å². The van der Waals surface area contributed by atoms with Gasteiger partial charge in [0.25, 0.3) is 5.91 Å². The second-order valence-electron chi connectivity index (χ2n) is 8.63. The number of imidazole rings is 1. The molecule has 0 saturated heterocycles. The second-order valence-corrected chi connectivity index (χ2v) is 9.79. The molecule has 182 valence electrons. The molecule has 0 bridgehead atoms. The summed E-state index contributed by atoms with van der Waals surface area (Å²) in [5, 5.41) is 9.03. The predicted octanol–water partition coefficient (Wildman–Crippen LogP) is 4.77. The van der Waals surface area contributed by atoms with Gasteiger partial charge in [0.2, 0.25) is 4.96 Å². The largest absolute Gasteiger partial charge is 0.345 e. The molecule has 0 saturated carbocycles. The Kier molecular flexibility index (Phi) is 5.91. The summed E-state index contributed by atoms with van der Waals surface area (Å²) in [4.78, 5) is 27.9. The molecule has 4 heterocycles. The van der Waals surface area contributed by atoms with Crippen molar-refractivity contribution in [1.29, 1.82) is 0 Å². The topological polar surface area (TPSA) is 111 Å². The lowest BCUT2D eigenvalue weighted by Gasteiger charge is -2.14. The number of nitrogens with zero attached hydrogens (tertiary/aromatic N) is 5. The summed E-state index contributed by atoms with van der Waals surface area (Å²) in [6, 6.07) is 22.0. The Hall–Kier alpha value is -4.47. The average molecular weight is 506 g/mol. The first-order valence-electron chi connectivity index (χ1n) is 11.8. The molecule has 0 aliphatic rings. The summed E-state index contributed by atoms with van der Waals surface area (Å²) in [6.45, 7) is 2.69. The minimum Gasteiger partial charge on any atom is -0.345 e. The third-order valence-electron chi connectivity index (χ3n) is 6.19. The van der Waals surface area contributed by atoms with Crippen molar-refractivity contribution < 1.29 is 4.79 Å². The molecule has 6 rings (SSSR count). The molecule has 6 aromatic rings. The first-order chi connectivity index (χ1) is 18.1. The molecule has 0 atom stereocenters. The van der Waals surface area contributed by atoms with Gasteiger partial charge in [-0.1, -0.05) is 65.9 Å². The van der Waals surface area contributed by atoms with E-state index in [0.717, 1.165) is 43.6 Å². The van der Waals surface area contributed by atoms with Gasteiger partial charge in [-0.3, -0.25) is 9.78 Å². The Balaban J connectivity index is 1.41. The van der Waals surface area contributed by atoms with Crippen LogP contribution in [0, 0.1) is 6.92 Å². The molecule has 0 unspecified atom stereocenters. The monoisotopic (exact) mass is 505 g/mol. The third kappa shape index (κ3) is 4.35. The summed E-state index contributed by atoms with van der Waals surface area (Å²) in [7, 11) is 0. The Labute approximate surface area is 216 Å². The fraction of sp³-hybridized carbons (Fsp3) is 0.107. The summed E-state index contributed by atoms with van der Waals surface area (Å²) in [5.41, 5.74) is 12.4. The number of aromatic nitrogens is 5. The van der Waals surface area contributed by atoms with Gasteiger partial charge in [-0.05, 0) is 30.2 Å². The lowest BCUT2D eigenvalue weighted by Crippen LogP contribution is -2.25. The molecule has 2 aromatic carbocycles. The number of nitrogens with two attached hydrogens (primary N) is 1. The van der Waals surface area contributed by atoms with Crippen LogP contribution in [0.15, 0.2) is 79.1 Å². The smallest absolute Gasteiger partial charge is 0.270 e. The number of benzene rings is 2. The van der Waals surface area contributed by atoms with Crippen LogP contribution in [-0.2, 0) is 13.1 Å². The summed E-state index contributed by atoms with van der Waals surface area (Å²) >= 11 is 1.51. The molecule has 0 aliphatic carbocycles. The van der Waals surface area contributed by atoms with Crippen molar-refractivity contribution in [3.63, 3.8) is 0 Å². The number of amides is 1. The summed E-state index contributed by atoms with van der Waals surface area (Å²) in [6.07, 6.45) is 3.35. The molecular formula is C28H23N7OS. The molecule has 0 fully saturated rings. The first kappa shape index (κ1) is 23.0. The van der Waals surface area contributed by atoms with Gasteiger partial charge in [0, 0.05) is 29.3 Å².